The lowest BCUT2D eigenvalue weighted by atomic mass is 9.80. The average molecular weight is 403 g/mol. The van der Waals surface area contributed by atoms with E-state index in [1.54, 1.807) is 11.1 Å². The van der Waals surface area contributed by atoms with E-state index in [4.69, 9.17) is 0 Å². The van der Waals surface area contributed by atoms with Crippen LogP contribution >= 0.6 is 0 Å². The van der Waals surface area contributed by atoms with E-state index < -0.39 is 0 Å². The normalized spacial score (nSPS) is 16.7. The van der Waals surface area contributed by atoms with Crippen LogP contribution in [0.3, 0.4) is 0 Å². The molecule has 1 rings (SSSR count). The Hall–Kier alpha value is -0.520. The summed E-state index contributed by atoms with van der Waals surface area (Å²) >= 11 is 0. The minimum absolute atomic E-state index is 0.860. The topological polar surface area (TPSA) is 0 Å². The fourth-order valence-electron chi connectivity index (χ4n) is 4.93. The summed E-state index contributed by atoms with van der Waals surface area (Å²) in [5.74, 6) is 0.860. The highest BCUT2D eigenvalue weighted by molar-refractivity contribution is 5.26. The Labute approximate surface area is 185 Å². The van der Waals surface area contributed by atoms with Gasteiger partial charge in [-0.25, -0.2) is 0 Å². The highest BCUT2D eigenvalue weighted by Crippen LogP contribution is 2.34. The van der Waals surface area contributed by atoms with Crippen LogP contribution in [0.5, 0.6) is 0 Å². The van der Waals surface area contributed by atoms with E-state index in [2.05, 4.69) is 32.9 Å². The first-order chi connectivity index (χ1) is 14.3. The summed E-state index contributed by atoms with van der Waals surface area (Å²) in [5, 5.41) is 0. The van der Waals surface area contributed by atoms with Crippen molar-refractivity contribution < 1.29 is 0 Å². The van der Waals surface area contributed by atoms with Gasteiger partial charge >= 0.3 is 0 Å². The lowest BCUT2D eigenvalue weighted by molar-refractivity contribution is 0.493. The molecule has 0 spiro atoms. The maximum absolute atomic E-state index is 2.53. The van der Waals surface area contributed by atoms with Crippen molar-refractivity contribution in [3.05, 3.63) is 23.3 Å². The summed E-state index contributed by atoms with van der Waals surface area (Å²) < 4.78 is 0. The number of unbranched alkanes of at least 4 members (excludes halogenated alkanes) is 14. The van der Waals surface area contributed by atoms with Crippen molar-refractivity contribution in [2.45, 2.75) is 156 Å². The van der Waals surface area contributed by atoms with Gasteiger partial charge in [0.25, 0.3) is 0 Å². The van der Waals surface area contributed by atoms with Crippen molar-refractivity contribution in [2.24, 2.45) is 5.92 Å². The van der Waals surface area contributed by atoms with E-state index >= 15 is 0 Å². The fourth-order valence-corrected chi connectivity index (χ4v) is 4.93. The highest BCUT2D eigenvalue weighted by Gasteiger charge is 2.18. The molecule has 29 heavy (non-hydrogen) atoms. The molecule has 0 aromatic carbocycles. The first-order valence-corrected chi connectivity index (χ1v) is 13.7. The standard InChI is InChI=1S/C29H54/c1-4-7-9-11-13-15-17-19-22-27-24-25-28(29(26-27)21-6-3)23-20-18-16-14-12-10-8-5-2/h24-25,29H,4-23,26H2,1-3H3. The van der Waals surface area contributed by atoms with Gasteiger partial charge < -0.3 is 0 Å². The maximum atomic E-state index is 2.53. The third kappa shape index (κ3) is 14.2. The van der Waals surface area contributed by atoms with Gasteiger partial charge in [0.1, 0.15) is 0 Å². The Morgan fingerprint density at radius 1 is 0.552 bits per heavy atom. The van der Waals surface area contributed by atoms with E-state index in [0.717, 1.165) is 5.92 Å². The van der Waals surface area contributed by atoms with Gasteiger partial charge in [-0.15, -0.1) is 0 Å². The average Bonchev–Trinajstić information content (AvgIpc) is 2.73. The lowest BCUT2D eigenvalue weighted by Crippen LogP contribution is -2.09. The van der Waals surface area contributed by atoms with Crippen molar-refractivity contribution in [2.75, 3.05) is 0 Å². The Morgan fingerprint density at radius 3 is 1.55 bits per heavy atom. The summed E-state index contributed by atoms with van der Waals surface area (Å²) in [7, 11) is 0. The molecular formula is C29H54. The second-order valence-electron chi connectivity index (χ2n) is 9.71. The SMILES string of the molecule is CCCCCCCCCCC1=CC=C(CCCCCCCCCC)C(CCC)C1. The van der Waals surface area contributed by atoms with Gasteiger partial charge in [0.2, 0.25) is 0 Å². The molecule has 0 nitrogen and oxygen atoms in total. The van der Waals surface area contributed by atoms with Gasteiger partial charge in [0.05, 0.1) is 0 Å². The minimum Gasteiger partial charge on any atom is -0.0696 e. The highest BCUT2D eigenvalue weighted by atomic mass is 14.2. The number of hydrogen-bond donors (Lipinski definition) is 0. The number of hydrogen-bond acceptors (Lipinski definition) is 0. The van der Waals surface area contributed by atoms with Crippen LogP contribution in [0.1, 0.15) is 156 Å². The van der Waals surface area contributed by atoms with Crippen LogP contribution in [0.2, 0.25) is 0 Å². The van der Waals surface area contributed by atoms with Crippen molar-refractivity contribution in [3.63, 3.8) is 0 Å². The molecule has 1 unspecified atom stereocenters. The van der Waals surface area contributed by atoms with E-state index in [9.17, 15) is 0 Å². The predicted molar refractivity (Wildman–Crippen MR) is 134 cm³/mol. The molecule has 0 saturated heterocycles. The molecule has 1 aliphatic rings. The molecule has 0 fully saturated rings. The van der Waals surface area contributed by atoms with Crippen LogP contribution in [-0.4, -0.2) is 0 Å². The smallest absolute Gasteiger partial charge is 0.0163 e. The van der Waals surface area contributed by atoms with Crippen LogP contribution in [0.4, 0.5) is 0 Å². The first-order valence-electron chi connectivity index (χ1n) is 13.7. The Bertz CT molecular complexity index is 414. The molecular weight excluding hydrogens is 348 g/mol. The monoisotopic (exact) mass is 402 g/mol. The van der Waals surface area contributed by atoms with Gasteiger partial charge in [0, 0.05) is 0 Å². The molecule has 0 heterocycles. The van der Waals surface area contributed by atoms with Gasteiger partial charge in [-0.3, -0.25) is 0 Å². The Kier molecular flexibility index (Phi) is 17.8. The van der Waals surface area contributed by atoms with Crippen LogP contribution in [0, 0.1) is 5.92 Å². The van der Waals surface area contributed by atoms with Crippen LogP contribution < -0.4 is 0 Å². The zero-order chi connectivity index (χ0) is 21.0. The predicted octanol–water partition coefficient (Wildman–Crippen LogP) is 10.7. The summed E-state index contributed by atoms with van der Waals surface area (Å²) in [5.41, 5.74) is 3.52. The molecule has 0 bridgehead atoms. The first kappa shape index (κ1) is 26.5. The largest absolute Gasteiger partial charge is 0.0696 e. The molecule has 0 amide bonds. The molecule has 0 radical (unpaired) electrons. The Balaban J connectivity index is 2.20. The molecule has 170 valence electrons. The molecule has 0 aromatic rings. The summed E-state index contributed by atoms with van der Waals surface area (Å²) in [6.07, 6.45) is 34.8. The maximum Gasteiger partial charge on any atom is -0.0163 e. The molecule has 1 atom stereocenters. The Morgan fingerprint density at radius 2 is 1.03 bits per heavy atom. The van der Waals surface area contributed by atoms with E-state index in [1.807, 2.05) is 0 Å². The number of allylic oxidation sites excluding steroid dienone is 4. The van der Waals surface area contributed by atoms with Crippen molar-refractivity contribution in [1.29, 1.82) is 0 Å². The van der Waals surface area contributed by atoms with Gasteiger partial charge in [-0.1, -0.05) is 140 Å². The van der Waals surface area contributed by atoms with Crippen molar-refractivity contribution >= 4 is 0 Å². The zero-order valence-corrected chi connectivity index (χ0v) is 20.6. The minimum atomic E-state index is 0.860. The summed E-state index contributed by atoms with van der Waals surface area (Å²) in [6.45, 7) is 6.98. The fraction of sp³-hybridized carbons (Fsp3) is 0.862. The van der Waals surface area contributed by atoms with Gasteiger partial charge in [0.15, 0.2) is 0 Å². The lowest BCUT2D eigenvalue weighted by Gasteiger charge is -2.25. The molecule has 0 saturated carbocycles. The molecule has 0 N–H and O–H groups in total. The third-order valence-corrected chi connectivity index (χ3v) is 6.87. The van der Waals surface area contributed by atoms with Gasteiger partial charge in [-0.05, 0) is 44.4 Å². The van der Waals surface area contributed by atoms with Crippen LogP contribution in [0.15, 0.2) is 23.3 Å². The second-order valence-corrected chi connectivity index (χ2v) is 9.71. The van der Waals surface area contributed by atoms with Crippen LogP contribution in [0.25, 0.3) is 0 Å². The molecule has 0 aromatic heterocycles. The molecule has 0 aliphatic heterocycles. The van der Waals surface area contributed by atoms with Gasteiger partial charge in [-0.2, -0.15) is 0 Å². The quantitative estimate of drug-likeness (QED) is 0.178. The van der Waals surface area contributed by atoms with E-state index in [1.165, 1.54) is 135 Å². The van der Waals surface area contributed by atoms with Crippen molar-refractivity contribution in [3.8, 4) is 0 Å². The molecule has 0 heteroatoms. The number of rotatable bonds is 20. The van der Waals surface area contributed by atoms with Crippen molar-refractivity contribution in [1.82, 2.24) is 0 Å². The third-order valence-electron chi connectivity index (χ3n) is 6.87. The summed E-state index contributed by atoms with van der Waals surface area (Å²) in [4.78, 5) is 0. The van der Waals surface area contributed by atoms with Crippen LogP contribution in [-0.2, 0) is 0 Å². The zero-order valence-electron chi connectivity index (χ0n) is 20.6. The second kappa shape index (κ2) is 19.4. The van der Waals surface area contributed by atoms with E-state index in [0.29, 0.717) is 0 Å². The molecule has 1 aliphatic carbocycles. The summed E-state index contributed by atoms with van der Waals surface area (Å²) in [6, 6.07) is 0. The van der Waals surface area contributed by atoms with E-state index in [-0.39, 0.29) is 0 Å².